The second-order valence-corrected chi connectivity index (χ2v) is 7.00. The van der Waals surface area contributed by atoms with Crippen LogP contribution in [0.15, 0.2) is 18.3 Å². The number of likely N-dealkylation sites (tertiary alicyclic amines) is 1. The smallest absolute Gasteiger partial charge is 0.213 e. The van der Waals surface area contributed by atoms with Gasteiger partial charge in [-0.1, -0.05) is 6.92 Å². The highest BCUT2D eigenvalue weighted by Gasteiger charge is 2.32. The Morgan fingerprint density at radius 2 is 2.24 bits per heavy atom. The minimum absolute atomic E-state index is 0.324. The van der Waals surface area contributed by atoms with E-state index in [1.807, 2.05) is 18.3 Å². The summed E-state index contributed by atoms with van der Waals surface area (Å²) in [6.07, 6.45) is 5.67. The average molecular weight is 289 g/mol. The van der Waals surface area contributed by atoms with Gasteiger partial charge in [0.15, 0.2) is 0 Å². The van der Waals surface area contributed by atoms with E-state index in [1.54, 1.807) is 0 Å². The molecule has 1 N–H and O–H groups in total. The zero-order valence-corrected chi connectivity index (χ0v) is 13.3. The van der Waals surface area contributed by atoms with Crippen LogP contribution >= 0.6 is 0 Å². The highest BCUT2D eigenvalue weighted by Crippen LogP contribution is 2.27. The van der Waals surface area contributed by atoms with E-state index >= 15 is 0 Å². The second-order valence-electron chi connectivity index (χ2n) is 7.00. The number of piperidine rings is 1. The van der Waals surface area contributed by atoms with Crippen molar-refractivity contribution in [2.75, 3.05) is 32.7 Å². The predicted octanol–water partition coefficient (Wildman–Crippen LogP) is 2.23. The van der Waals surface area contributed by atoms with Crippen LogP contribution in [0.3, 0.4) is 0 Å². The number of rotatable bonds is 4. The third kappa shape index (κ3) is 3.95. The maximum atomic E-state index is 6.03. The lowest BCUT2D eigenvalue weighted by Crippen LogP contribution is -2.44. The molecule has 2 saturated heterocycles. The standard InChI is InChI=1S/C17H27N3O/c1-14-3-7-19-16(11-14)21-15-4-9-20(10-5-15)13-17(2)6-8-18-12-17/h3,7,11,15,18H,4-6,8-10,12-13H2,1-2H3. The van der Waals surface area contributed by atoms with Crippen LogP contribution in [0.25, 0.3) is 0 Å². The van der Waals surface area contributed by atoms with Crippen molar-refractivity contribution in [3.63, 3.8) is 0 Å². The minimum atomic E-state index is 0.324. The normalized spacial score (nSPS) is 27.9. The van der Waals surface area contributed by atoms with Crippen molar-refractivity contribution in [3.05, 3.63) is 23.9 Å². The van der Waals surface area contributed by atoms with Crippen LogP contribution in [0.5, 0.6) is 5.88 Å². The minimum Gasteiger partial charge on any atom is -0.474 e. The van der Waals surface area contributed by atoms with Gasteiger partial charge in [0.2, 0.25) is 5.88 Å². The maximum Gasteiger partial charge on any atom is 0.213 e. The second kappa shape index (κ2) is 6.32. The zero-order chi connectivity index (χ0) is 14.7. The molecule has 0 amide bonds. The van der Waals surface area contributed by atoms with E-state index in [0.717, 1.165) is 38.4 Å². The molecule has 3 rings (SSSR count). The summed E-state index contributed by atoms with van der Waals surface area (Å²) in [6.45, 7) is 10.3. The van der Waals surface area contributed by atoms with Gasteiger partial charge in [-0.25, -0.2) is 4.98 Å². The molecule has 2 aliphatic heterocycles. The monoisotopic (exact) mass is 289 g/mol. The van der Waals surface area contributed by atoms with Crippen molar-refractivity contribution in [1.29, 1.82) is 0 Å². The highest BCUT2D eigenvalue weighted by atomic mass is 16.5. The molecule has 21 heavy (non-hydrogen) atoms. The molecular formula is C17H27N3O. The van der Waals surface area contributed by atoms with Crippen LogP contribution in [0, 0.1) is 12.3 Å². The van der Waals surface area contributed by atoms with Gasteiger partial charge in [-0.15, -0.1) is 0 Å². The topological polar surface area (TPSA) is 37.4 Å². The summed E-state index contributed by atoms with van der Waals surface area (Å²) in [5.41, 5.74) is 1.67. The van der Waals surface area contributed by atoms with Crippen LogP contribution in [-0.4, -0.2) is 48.7 Å². The van der Waals surface area contributed by atoms with Gasteiger partial charge in [-0.2, -0.15) is 0 Å². The Kier molecular flexibility index (Phi) is 4.45. The molecule has 0 radical (unpaired) electrons. The van der Waals surface area contributed by atoms with Gasteiger partial charge in [0.1, 0.15) is 6.10 Å². The van der Waals surface area contributed by atoms with Crippen LogP contribution < -0.4 is 10.1 Å². The lowest BCUT2D eigenvalue weighted by molar-refractivity contribution is 0.0749. The number of aromatic nitrogens is 1. The van der Waals surface area contributed by atoms with Gasteiger partial charge in [0.25, 0.3) is 0 Å². The van der Waals surface area contributed by atoms with Gasteiger partial charge in [0.05, 0.1) is 0 Å². The molecule has 4 heteroatoms. The van der Waals surface area contributed by atoms with E-state index < -0.39 is 0 Å². The largest absolute Gasteiger partial charge is 0.474 e. The molecule has 3 heterocycles. The Labute approximate surface area is 127 Å². The summed E-state index contributed by atoms with van der Waals surface area (Å²) in [5.74, 6) is 0.778. The number of aryl methyl sites for hydroxylation is 1. The van der Waals surface area contributed by atoms with Gasteiger partial charge in [0, 0.05) is 38.4 Å². The first kappa shape index (κ1) is 14.8. The summed E-state index contributed by atoms with van der Waals surface area (Å²) < 4.78 is 6.03. The summed E-state index contributed by atoms with van der Waals surface area (Å²) in [6, 6.07) is 4.03. The van der Waals surface area contributed by atoms with Gasteiger partial charge in [-0.05, 0) is 49.8 Å². The van der Waals surface area contributed by atoms with Crippen LogP contribution in [-0.2, 0) is 0 Å². The summed E-state index contributed by atoms with van der Waals surface area (Å²) in [7, 11) is 0. The molecule has 1 aromatic heterocycles. The summed E-state index contributed by atoms with van der Waals surface area (Å²) in [5, 5.41) is 3.49. The first-order valence-electron chi connectivity index (χ1n) is 8.15. The number of pyridine rings is 1. The lowest BCUT2D eigenvalue weighted by Gasteiger charge is -2.36. The van der Waals surface area contributed by atoms with Gasteiger partial charge < -0.3 is 15.0 Å². The van der Waals surface area contributed by atoms with Crippen molar-refractivity contribution >= 4 is 0 Å². The van der Waals surface area contributed by atoms with Crippen LogP contribution in [0.2, 0.25) is 0 Å². The molecule has 1 unspecified atom stereocenters. The fourth-order valence-corrected chi connectivity index (χ4v) is 3.47. The fourth-order valence-electron chi connectivity index (χ4n) is 3.47. The third-order valence-electron chi connectivity index (χ3n) is 4.77. The van der Waals surface area contributed by atoms with E-state index in [-0.39, 0.29) is 0 Å². The van der Waals surface area contributed by atoms with Crippen molar-refractivity contribution in [2.24, 2.45) is 5.41 Å². The molecular weight excluding hydrogens is 262 g/mol. The molecule has 0 bridgehead atoms. The number of nitrogens with zero attached hydrogens (tertiary/aromatic N) is 2. The molecule has 2 fully saturated rings. The van der Waals surface area contributed by atoms with E-state index in [1.165, 1.54) is 25.1 Å². The molecule has 1 atom stereocenters. The Morgan fingerprint density at radius 3 is 2.90 bits per heavy atom. The van der Waals surface area contributed by atoms with Crippen molar-refractivity contribution in [3.8, 4) is 5.88 Å². The highest BCUT2D eigenvalue weighted by molar-refractivity contribution is 5.18. The molecule has 116 valence electrons. The third-order valence-corrected chi connectivity index (χ3v) is 4.77. The molecule has 4 nitrogen and oxygen atoms in total. The van der Waals surface area contributed by atoms with E-state index in [4.69, 9.17) is 4.74 Å². The molecule has 0 aliphatic carbocycles. The molecule has 0 spiro atoms. The summed E-state index contributed by atoms with van der Waals surface area (Å²) in [4.78, 5) is 6.91. The molecule has 2 aliphatic rings. The molecule has 0 aromatic carbocycles. The number of hydrogen-bond donors (Lipinski definition) is 1. The van der Waals surface area contributed by atoms with Gasteiger partial charge in [-0.3, -0.25) is 0 Å². The number of hydrogen-bond acceptors (Lipinski definition) is 4. The predicted molar refractivity (Wildman–Crippen MR) is 84.7 cm³/mol. The first-order valence-corrected chi connectivity index (χ1v) is 8.15. The fraction of sp³-hybridized carbons (Fsp3) is 0.706. The van der Waals surface area contributed by atoms with Crippen molar-refractivity contribution in [1.82, 2.24) is 15.2 Å². The quantitative estimate of drug-likeness (QED) is 0.922. The van der Waals surface area contributed by atoms with Crippen LogP contribution in [0.4, 0.5) is 0 Å². The lowest BCUT2D eigenvalue weighted by atomic mass is 9.88. The van der Waals surface area contributed by atoms with Crippen molar-refractivity contribution < 1.29 is 4.74 Å². The zero-order valence-electron chi connectivity index (χ0n) is 13.3. The van der Waals surface area contributed by atoms with E-state index in [0.29, 0.717) is 11.5 Å². The Hall–Kier alpha value is -1.13. The maximum absolute atomic E-state index is 6.03. The van der Waals surface area contributed by atoms with Crippen molar-refractivity contribution in [2.45, 2.75) is 39.2 Å². The first-order chi connectivity index (χ1) is 10.1. The Balaban J connectivity index is 1.46. The summed E-state index contributed by atoms with van der Waals surface area (Å²) >= 11 is 0. The average Bonchev–Trinajstić information content (AvgIpc) is 2.88. The van der Waals surface area contributed by atoms with E-state index in [9.17, 15) is 0 Å². The number of nitrogens with one attached hydrogen (secondary N) is 1. The molecule has 1 aromatic rings. The molecule has 0 saturated carbocycles. The SMILES string of the molecule is Cc1ccnc(OC2CCN(CC3(C)CCNC3)CC2)c1. The Bertz CT molecular complexity index is 463. The van der Waals surface area contributed by atoms with E-state index in [2.05, 4.69) is 29.0 Å². The number of ether oxygens (including phenoxy) is 1. The Morgan fingerprint density at radius 1 is 1.43 bits per heavy atom. The van der Waals surface area contributed by atoms with Crippen LogP contribution in [0.1, 0.15) is 31.7 Å². The van der Waals surface area contributed by atoms with Gasteiger partial charge >= 0.3 is 0 Å².